The summed E-state index contributed by atoms with van der Waals surface area (Å²) in [6.45, 7) is 12.0. The van der Waals surface area contributed by atoms with Crippen LogP contribution >= 0.6 is 0 Å². The molecule has 0 saturated carbocycles. The first kappa shape index (κ1) is 44.1. The maximum Gasteiger partial charge on any atom is 0.375 e. The molecule has 4 N–H and O–H groups in total. The van der Waals surface area contributed by atoms with Crippen molar-refractivity contribution in [3.63, 3.8) is 0 Å². The second-order valence-electron chi connectivity index (χ2n) is 16.6. The lowest BCUT2D eigenvalue weighted by molar-refractivity contribution is 0.0683. The number of fused-ring (bicyclic) bond motifs is 2. The van der Waals surface area contributed by atoms with Crippen molar-refractivity contribution in [2.24, 2.45) is 5.73 Å². The van der Waals surface area contributed by atoms with Gasteiger partial charge in [-0.2, -0.15) is 0 Å². The van der Waals surface area contributed by atoms with E-state index in [1.54, 1.807) is 12.1 Å². The minimum absolute atomic E-state index is 0.0280. The van der Waals surface area contributed by atoms with E-state index in [-0.39, 0.29) is 41.3 Å². The smallest absolute Gasteiger partial charge is 0.375 e. The van der Waals surface area contributed by atoms with Crippen LogP contribution < -0.4 is 20.9 Å². The van der Waals surface area contributed by atoms with Crippen molar-refractivity contribution in [1.29, 1.82) is 0 Å². The number of aromatic carboxylic acids is 1. The molecule has 1 amide bonds. The van der Waals surface area contributed by atoms with Crippen LogP contribution in [0, 0.1) is 11.6 Å². The molecule has 0 radical (unpaired) electrons. The second kappa shape index (κ2) is 19.1. The number of nitrogens with two attached hydrogens (primary N) is 1. The molecule has 17 nitrogen and oxygen atoms in total. The number of hydrogen-bond acceptors (Lipinski definition) is 11. The number of nitrogens with one attached hydrogen (secondary N) is 1. The van der Waals surface area contributed by atoms with Gasteiger partial charge in [-0.3, -0.25) is 4.79 Å². The summed E-state index contributed by atoms with van der Waals surface area (Å²) in [5, 5.41) is 19.6. The number of halogens is 2. The van der Waals surface area contributed by atoms with Gasteiger partial charge in [0.1, 0.15) is 24.3 Å². The van der Waals surface area contributed by atoms with E-state index in [1.807, 2.05) is 12.3 Å². The van der Waals surface area contributed by atoms with Gasteiger partial charge in [0.2, 0.25) is 5.82 Å². The van der Waals surface area contributed by atoms with Gasteiger partial charge in [-0.25, -0.2) is 42.9 Å². The number of hydrogen-bond donors (Lipinski definition) is 3. The molecule has 0 bridgehead atoms. The van der Waals surface area contributed by atoms with Crippen molar-refractivity contribution in [1.82, 2.24) is 53.6 Å². The molecule has 0 unspecified atom stereocenters. The van der Waals surface area contributed by atoms with Crippen LogP contribution in [0.3, 0.4) is 0 Å². The van der Waals surface area contributed by atoms with Crippen LogP contribution in [0.5, 0.6) is 0 Å². The number of amides is 1. The SMILES string of the molecule is CC(C)c1cn2cccc2c(N2CC[C@H](N)C2)n1.CC(C)c1cn2cccc2c(N2CC[C@H](NC(=O)c3ncn(-c4ccc(F)cc4)n3)C2)n1.O=C(O)c1ncn(-c2ccc(F)cc2)n1. The fourth-order valence-corrected chi connectivity index (χ4v) is 7.58. The number of carboxylic acid groups (broad SMARTS) is 1. The number of carbonyl (C=O) groups is 2. The van der Waals surface area contributed by atoms with Crippen LogP contribution in [-0.2, 0) is 0 Å². The van der Waals surface area contributed by atoms with Gasteiger partial charge in [0.15, 0.2) is 11.6 Å². The Morgan fingerprint density at radius 3 is 1.63 bits per heavy atom. The molecular weight excluding hydrogens is 835 g/mol. The van der Waals surface area contributed by atoms with E-state index in [0.717, 1.165) is 61.0 Å². The summed E-state index contributed by atoms with van der Waals surface area (Å²) in [6, 6.07) is 19.9. The van der Waals surface area contributed by atoms with Crippen molar-refractivity contribution in [3.05, 3.63) is 145 Å². The molecule has 2 aliphatic rings. The van der Waals surface area contributed by atoms with Crippen molar-refractivity contribution in [3.8, 4) is 11.4 Å². The van der Waals surface area contributed by atoms with Crippen molar-refractivity contribution in [2.45, 2.75) is 64.5 Å². The monoisotopic (exact) mass is 884 g/mol. The molecular formula is C46H50F2N14O3. The molecule has 8 heterocycles. The molecule has 2 atom stereocenters. The molecule has 0 spiro atoms. The number of aromatic nitrogens is 10. The molecule has 8 aromatic rings. The summed E-state index contributed by atoms with van der Waals surface area (Å²) < 4.78 is 32.7. The number of benzene rings is 2. The Hall–Kier alpha value is -7.54. The summed E-state index contributed by atoms with van der Waals surface area (Å²) in [5.41, 5.74) is 11.6. The Kier molecular flexibility index (Phi) is 12.9. The quantitative estimate of drug-likeness (QED) is 0.147. The normalized spacial score (nSPS) is 16.0. The molecule has 6 aromatic heterocycles. The topological polar surface area (TPSA) is 195 Å². The third-order valence-electron chi connectivity index (χ3n) is 11.1. The van der Waals surface area contributed by atoms with Crippen LogP contribution in [-0.4, -0.2) is 104 Å². The van der Waals surface area contributed by atoms with E-state index in [4.69, 9.17) is 20.8 Å². The standard InChI is InChI=1S/C23H24FN7O.C14H20N4.C9H6FN3O2/c1-15(2)19-13-29-10-3-4-20(29)22(27-19)30-11-9-17(12-30)26-23(32)21-25-14-31(28-21)18-7-5-16(24)6-8-18;1-10(2)12-9-17-6-3-4-13(17)14(16-12)18-7-5-11(15)8-18;10-6-1-3-7(4-2-6)13-5-11-8(12-13)9(14)15/h3-8,10,13-15,17H,9,11-12H2,1-2H3,(H,26,32);3-4,6,9-11H,5,7-8,15H2,1-2H3;1-5H,(H,14,15)/t17-;11-;/m00./s1. The number of carboxylic acids is 1. The van der Waals surface area contributed by atoms with Gasteiger partial charge in [0.05, 0.1) is 33.8 Å². The predicted octanol–water partition coefficient (Wildman–Crippen LogP) is 6.29. The van der Waals surface area contributed by atoms with Gasteiger partial charge in [0, 0.05) is 63.1 Å². The molecule has 0 aliphatic carbocycles. The maximum absolute atomic E-state index is 13.1. The lowest BCUT2D eigenvalue weighted by Crippen LogP contribution is -2.37. The number of carbonyl (C=O) groups excluding carboxylic acids is 1. The molecule has 336 valence electrons. The zero-order valence-corrected chi connectivity index (χ0v) is 36.4. The third-order valence-corrected chi connectivity index (χ3v) is 11.1. The summed E-state index contributed by atoms with van der Waals surface area (Å²) in [6.07, 6.45) is 12.9. The van der Waals surface area contributed by atoms with Crippen LogP contribution in [0.15, 0.2) is 110 Å². The number of nitrogens with zero attached hydrogens (tertiary/aromatic N) is 12. The Bertz CT molecular complexity index is 2900. The van der Waals surface area contributed by atoms with Gasteiger partial charge in [-0.1, -0.05) is 27.7 Å². The van der Waals surface area contributed by atoms with Crippen LogP contribution in [0.2, 0.25) is 0 Å². The van der Waals surface area contributed by atoms with Gasteiger partial charge < -0.3 is 34.8 Å². The third kappa shape index (κ3) is 10.1. The largest absolute Gasteiger partial charge is 0.475 e. The maximum atomic E-state index is 13.1. The first-order chi connectivity index (χ1) is 31.3. The van der Waals surface area contributed by atoms with Crippen LogP contribution in [0.4, 0.5) is 20.4 Å². The summed E-state index contributed by atoms with van der Waals surface area (Å²) >= 11 is 0. The Morgan fingerprint density at radius 1 is 0.692 bits per heavy atom. The van der Waals surface area contributed by atoms with Gasteiger partial charge in [-0.05, 0) is 97.5 Å². The van der Waals surface area contributed by atoms with Gasteiger partial charge in [0.25, 0.3) is 11.7 Å². The van der Waals surface area contributed by atoms with E-state index in [2.05, 4.69) is 109 Å². The van der Waals surface area contributed by atoms with Gasteiger partial charge >= 0.3 is 5.97 Å². The predicted molar refractivity (Wildman–Crippen MR) is 241 cm³/mol. The molecule has 65 heavy (non-hydrogen) atoms. The van der Waals surface area contributed by atoms with E-state index in [9.17, 15) is 18.4 Å². The van der Waals surface area contributed by atoms with Crippen molar-refractivity contribution >= 4 is 34.5 Å². The molecule has 2 fully saturated rings. The highest BCUT2D eigenvalue weighted by atomic mass is 19.1. The molecule has 19 heteroatoms. The van der Waals surface area contributed by atoms with E-state index < -0.39 is 5.97 Å². The highest BCUT2D eigenvalue weighted by molar-refractivity contribution is 5.90. The van der Waals surface area contributed by atoms with Crippen molar-refractivity contribution < 1.29 is 23.5 Å². The number of anilines is 2. The van der Waals surface area contributed by atoms with Crippen LogP contribution in [0.1, 0.15) is 85.0 Å². The molecule has 2 aliphatic heterocycles. The van der Waals surface area contributed by atoms with E-state index >= 15 is 0 Å². The summed E-state index contributed by atoms with van der Waals surface area (Å²) in [5.74, 6) is 0.357. The lowest BCUT2D eigenvalue weighted by atomic mass is 10.1. The first-order valence-electron chi connectivity index (χ1n) is 21.4. The Balaban J connectivity index is 0.000000147. The van der Waals surface area contributed by atoms with Gasteiger partial charge in [-0.15, -0.1) is 10.2 Å². The van der Waals surface area contributed by atoms with E-state index in [1.165, 1.54) is 63.9 Å². The van der Waals surface area contributed by atoms with E-state index in [0.29, 0.717) is 29.8 Å². The Morgan fingerprint density at radius 2 is 1.17 bits per heavy atom. The summed E-state index contributed by atoms with van der Waals surface area (Å²) in [7, 11) is 0. The van der Waals surface area contributed by atoms with Crippen LogP contribution in [0.25, 0.3) is 22.4 Å². The molecule has 10 rings (SSSR count). The molecule has 2 saturated heterocycles. The molecule has 2 aromatic carbocycles. The van der Waals surface area contributed by atoms with Crippen molar-refractivity contribution in [2.75, 3.05) is 36.0 Å². The highest BCUT2D eigenvalue weighted by Gasteiger charge is 2.28. The zero-order chi connectivity index (χ0) is 45.8. The lowest BCUT2D eigenvalue weighted by Gasteiger charge is -2.21. The minimum atomic E-state index is -1.20. The fraction of sp³-hybridized carbons (Fsp3) is 0.304. The minimum Gasteiger partial charge on any atom is -0.475 e. The average Bonchev–Trinajstić information content (AvgIpc) is 4.16. The highest BCUT2D eigenvalue weighted by Crippen LogP contribution is 2.28. The second-order valence-corrected chi connectivity index (χ2v) is 16.6. The Labute approximate surface area is 373 Å². The number of rotatable bonds is 9. The fourth-order valence-electron chi connectivity index (χ4n) is 7.58. The summed E-state index contributed by atoms with van der Waals surface area (Å²) in [4.78, 5) is 45.2. The average molecular weight is 885 g/mol. The first-order valence-corrected chi connectivity index (χ1v) is 21.4. The zero-order valence-electron chi connectivity index (χ0n) is 36.4.